The van der Waals surface area contributed by atoms with Crippen LogP contribution in [0, 0.1) is 5.92 Å². The van der Waals surface area contributed by atoms with E-state index >= 15 is 0 Å². The molecule has 21 heavy (non-hydrogen) atoms. The number of ether oxygens (including phenoxy) is 3. The molecule has 1 rings (SSSR count). The molecule has 1 fully saturated rings. The van der Waals surface area contributed by atoms with Gasteiger partial charge in [0.25, 0.3) is 0 Å². The third-order valence-corrected chi connectivity index (χ3v) is 3.55. The molecule has 130 valence electrons. The number of methoxy groups -OCH3 is 1. The summed E-state index contributed by atoms with van der Waals surface area (Å²) in [7, 11) is 1.46. The average Bonchev–Trinajstić information content (AvgIpc) is 2.40. The molecule has 1 heterocycles. The molecule has 0 bridgehead atoms. The van der Waals surface area contributed by atoms with Gasteiger partial charge in [-0.2, -0.15) is 0 Å². The van der Waals surface area contributed by atoms with Crippen LogP contribution in [-0.4, -0.2) is 66.3 Å². The van der Waals surface area contributed by atoms with Crippen molar-refractivity contribution in [2.75, 3.05) is 20.3 Å². The minimum atomic E-state index is -0.801. The van der Waals surface area contributed by atoms with Crippen LogP contribution in [0.4, 0.5) is 0 Å². The van der Waals surface area contributed by atoms with E-state index in [9.17, 15) is 15.3 Å². The predicted octanol–water partition coefficient (Wildman–Crippen LogP) is 1.17. The van der Waals surface area contributed by atoms with E-state index in [1.807, 2.05) is 6.92 Å². The number of hydrogen-bond acceptors (Lipinski definition) is 6. The van der Waals surface area contributed by atoms with Gasteiger partial charge < -0.3 is 29.5 Å². The average molecular weight is 310 g/mol. The van der Waals surface area contributed by atoms with Crippen molar-refractivity contribution in [3.63, 3.8) is 0 Å². The molecule has 0 spiro atoms. The molecule has 6 heteroatoms. The first-order valence-electron chi connectivity index (χ1n) is 6.81. The minimum absolute atomic E-state index is 0. The molecule has 0 amide bonds. The fourth-order valence-electron chi connectivity index (χ4n) is 2.27. The molecule has 0 saturated carbocycles. The summed E-state index contributed by atoms with van der Waals surface area (Å²) in [6.45, 7) is 3.72. The van der Waals surface area contributed by atoms with Crippen LogP contribution in [0.25, 0.3) is 0 Å². The van der Waals surface area contributed by atoms with Gasteiger partial charge in [0.05, 0.1) is 31.5 Å². The molecular formula is C15H34O6. The second kappa shape index (κ2) is 11.3. The highest BCUT2D eigenvalue weighted by Gasteiger charge is 2.43. The maximum atomic E-state index is 10.2. The Morgan fingerprint density at radius 2 is 1.90 bits per heavy atom. The summed E-state index contributed by atoms with van der Waals surface area (Å²) < 4.78 is 16.2. The van der Waals surface area contributed by atoms with Crippen LogP contribution in [0.2, 0.25) is 0 Å². The van der Waals surface area contributed by atoms with Gasteiger partial charge >= 0.3 is 0 Å². The molecule has 0 aliphatic carbocycles. The van der Waals surface area contributed by atoms with Crippen LogP contribution >= 0.6 is 0 Å². The molecule has 0 aromatic rings. The molecule has 3 unspecified atom stereocenters. The van der Waals surface area contributed by atoms with E-state index in [0.29, 0.717) is 6.42 Å². The molecule has 6 nitrogen and oxygen atoms in total. The Morgan fingerprint density at radius 1 is 1.29 bits per heavy atom. The van der Waals surface area contributed by atoms with E-state index in [2.05, 4.69) is 0 Å². The minimum Gasteiger partial charge on any atom is -0.394 e. The second-order valence-corrected chi connectivity index (χ2v) is 5.05. The molecular weight excluding hydrogens is 276 g/mol. The highest BCUT2D eigenvalue weighted by molar-refractivity contribution is 4.87. The van der Waals surface area contributed by atoms with Crippen LogP contribution < -0.4 is 0 Å². The summed E-state index contributed by atoms with van der Waals surface area (Å²) in [5, 5.41) is 29.1. The first-order valence-corrected chi connectivity index (χ1v) is 6.81. The van der Waals surface area contributed by atoms with Crippen molar-refractivity contribution >= 4 is 0 Å². The van der Waals surface area contributed by atoms with Gasteiger partial charge in [0, 0.05) is 13.0 Å². The smallest absolute Gasteiger partial charge is 0.186 e. The van der Waals surface area contributed by atoms with Gasteiger partial charge in [-0.25, -0.2) is 0 Å². The normalized spacial score (nSPS) is 33.7. The molecule has 6 atom stereocenters. The Kier molecular flexibility index (Phi) is 12.4. The first-order chi connectivity index (χ1) is 9.04. The van der Waals surface area contributed by atoms with Gasteiger partial charge in [-0.05, 0) is 6.42 Å². The summed E-state index contributed by atoms with van der Waals surface area (Å²) in [6.07, 6.45) is -1.71. The zero-order valence-electron chi connectivity index (χ0n) is 11.9. The van der Waals surface area contributed by atoms with Gasteiger partial charge in [0.15, 0.2) is 6.29 Å². The monoisotopic (exact) mass is 310 g/mol. The fourth-order valence-corrected chi connectivity index (χ4v) is 2.27. The number of rotatable bonds is 7. The standard InChI is InChI=1S/C13H26O6.2CH4/c1-4-5-9(15)7-18-12-11(16)8(2)10(6-14)19-13(12)17-3;;/h8-16H,4-7H2,1-3H3;2*1H4/t8-,9?,10?,11+,12?,13-;;/m0../s1. The van der Waals surface area contributed by atoms with Gasteiger partial charge in [-0.3, -0.25) is 0 Å². The summed E-state index contributed by atoms with van der Waals surface area (Å²) in [6, 6.07) is 0. The summed E-state index contributed by atoms with van der Waals surface area (Å²) in [5.41, 5.74) is 0. The van der Waals surface area contributed by atoms with Gasteiger partial charge in [-0.1, -0.05) is 35.1 Å². The molecule has 0 aromatic heterocycles. The van der Waals surface area contributed by atoms with Crippen molar-refractivity contribution in [1.29, 1.82) is 0 Å². The van der Waals surface area contributed by atoms with Crippen molar-refractivity contribution in [2.45, 2.75) is 72.2 Å². The van der Waals surface area contributed by atoms with Gasteiger partial charge in [0.1, 0.15) is 6.10 Å². The zero-order valence-corrected chi connectivity index (χ0v) is 11.9. The molecule has 3 N–H and O–H groups in total. The lowest BCUT2D eigenvalue weighted by atomic mass is 9.91. The Hall–Kier alpha value is -0.240. The lowest BCUT2D eigenvalue weighted by molar-refractivity contribution is -0.293. The summed E-state index contributed by atoms with van der Waals surface area (Å²) >= 11 is 0. The quantitative estimate of drug-likeness (QED) is 0.654. The van der Waals surface area contributed by atoms with Crippen LogP contribution in [-0.2, 0) is 14.2 Å². The third-order valence-electron chi connectivity index (χ3n) is 3.55. The lowest BCUT2D eigenvalue weighted by Crippen LogP contribution is -2.56. The second-order valence-electron chi connectivity index (χ2n) is 5.05. The van der Waals surface area contributed by atoms with Crippen molar-refractivity contribution in [3.8, 4) is 0 Å². The van der Waals surface area contributed by atoms with E-state index in [4.69, 9.17) is 14.2 Å². The van der Waals surface area contributed by atoms with Crippen LogP contribution in [0.15, 0.2) is 0 Å². The van der Waals surface area contributed by atoms with Crippen LogP contribution in [0.3, 0.4) is 0 Å². The van der Waals surface area contributed by atoms with E-state index in [-0.39, 0.29) is 34.0 Å². The highest BCUT2D eigenvalue weighted by Crippen LogP contribution is 2.28. The number of aliphatic hydroxyl groups is 3. The summed E-state index contributed by atoms with van der Waals surface area (Å²) in [4.78, 5) is 0. The maximum absolute atomic E-state index is 10.2. The van der Waals surface area contributed by atoms with Crippen LogP contribution in [0.5, 0.6) is 0 Å². The Morgan fingerprint density at radius 3 is 2.38 bits per heavy atom. The van der Waals surface area contributed by atoms with Crippen LogP contribution in [0.1, 0.15) is 41.5 Å². The van der Waals surface area contributed by atoms with Crippen molar-refractivity contribution in [2.24, 2.45) is 5.92 Å². The molecule has 1 aliphatic heterocycles. The Labute approximate surface area is 129 Å². The number of aliphatic hydroxyl groups excluding tert-OH is 3. The topological polar surface area (TPSA) is 88.4 Å². The molecule has 1 saturated heterocycles. The van der Waals surface area contributed by atoms with Crippen molar-refractivity contribution < 1.29 is 29.5 Å². The molecule has 0 aromatic carbocycles. The van der Waals surface area contributed by atoms with Gasteiger partial charge in [-0.15, -0.1) is 0 Å². The molecule has 1 aliphatic rings. The third kappa shape index (κ3) is 6.18. The summed E-state index contributed by atoms with van der Waals surface area (Å²) in [5.74, 6) is -0.260. The van der Waals surface area contributed by atoms with E-state index in [0.717, 1.165) is 6.42 Å². The first kappa shape index (κ1) is 23.0. The van der Waals surface area contributed by atoms with Crippen molar-refractivity contribution in [1.82, 2.24) is 0 Å². The Balaban J connectivity index is 0. The molecule has 0 radical (unpaired) electrons. The predicted molar refractivity (Wildman–Crippen MR) is 82.0 cm³/mol. The van der Waals surface area contributed by atoms with E-state index in [1.165, 1.54) is 7.11 Å². The van der Waals surface area contributed by atoms with E-state index < -0.39 is 30.7 Å². The highest BCUT2D eigenvalue weighted by atomic mass is 16.7. The fraction of sp³-hybridized carbons (Fsp3) is 1.00. The number of hydrogen-bond donors (Lipinski definition) is 3. The van der Waals surface area contributed by atoms with E-state index in [1.54, 1.807) is 6.92 Å². The zero-order chi connectivity index (χ0) is 14.4. The SMILES string of the molecule is C.C.CCCC(O)COC1[C@@H](OC)OC(CO)[C@H](C)[C@H]1O. The lowest BCUT2D eigenvalue weighted by Gasteiger charge is -2.42. The van der Waals surface area contributed by atoms with Crippen molar-refractivity contribution in [3.05, 3.63) is 0 Å². The maximum Gasteiger partial charge on any atom is 0.186 e. The van der Waals surface area contributed by atoms with Gasteiger partial charge in [0.2, 0.25) is 0 Å². The largest absolute Gasteiger partial charge is 0.394 e. The Bertz CT molecular complexity index is 248.